The molecule has 0 saturated carbocycles. The normalized spacial score (nSPS) is 15.8. The number of halogens is 2. The van der Waals surface area contributed by atoms with Gasteiger partial charge in [0.05, 0.1) is 11.6 Å². The number of benzene rings is 2. The number of nitrogens with zero attached hydrogens (tertiary/aromatic N) is 1. The van der Waals surface area contributed by atoms with Crippen LogP contribution in [0, 0.1) is 11.6 Å². The van der Waals surface area contributed by atoms with Gasteiger partial charge in [0.1, 0.15) is 0 Å². The summed E-state index contributed by atoms with van der Waals surface area (Å²) in [6.45, 7) is 0. The number of anilines is 2. The number of nitrogens with one attached hydrogen (secondary N) is 2. The van der Waals surface area contributed by atoms with Crippen LogP contribution in [0.5, 0.6) is 0 Å². The van der Waals surface area contributed by atoms with Crippen LogP contribution < -0.4 is 10.6 Å². The number of thiazole rings is 1. The summed E-state index contributed by atoms with van der Waals surface area (Å²) in [5, 5.41) is 7.42. The maximum atomic E-state index is 13.4. The molecule has 1 aliphatic heterocycles. The molecule has 5 nitrogen and oxygen atoms in total. The number of carbonyl (C=O) groups excluding carboxylic acids is 2. The Hall–Kier alpha value is -3.13. The van der Waals surface area contributed by atoms with E-state index in [1.807, 2.05) is 0 Å². The van der Waals surface area contributed by atoms with Crippen LogP contribution in [0.25, 0.3) is 11.3 Å². The molecule has 8 heteroatoms. The first kappa shape index (κ1) is 17.3. The molecule has 4 rings (SSSR count). The average molecular weight is 385 g/mol. The second kappa shape index (κ2) is 6.88. The molecule has 27 heavy (non-hydrogen) atoms. The van der Waals surface area contributed by atoms with Crippen LogP contribution in [0.4, 0.5) is 19.6 Å². The van der Waals surface area contributed by atoms with E-state index < -0.39 is 17.6 Å². The Bertz CT molecular complexity index is 1050. The van der Waals surface area contributed by atoms with Gasteiger partial charge in [0.15, 0.2) is 16.8 Å². The van der Waals surface area contributed by atoms with Crippen molar-refractivity contribution in [2.45, 2.75) is 12.3 Å². The minimum Gasteiger partial charge on any atom is -0.326 e. The number of fused-ring (bicyclic) bond motifs is 1. The van der Waals surface area contributed by atoms with E-state index in [1.165, 1.54) is 17.4 Å². The second-order valence-electron chi connectivity index (χ2n) is 6.05. The van der Waals surface area contributed by atoms with Crippen LogP contribution in [-0.2, 0) is 9.59 Å². The maximum absolute atomic E-state index is 13.4. The van der Waals surface area contributed by atoms with E-state index >= 15 is 0 Å². The van der Waals surface area contributed by atoms with Crippen molar-refractivity contribution in [1.29, 1.82) is 0 Å². The van der Waals surface area contributed by atoms with Crippen molar-refractivity contribution in [1.82, 2.24) is 4.98 Å². The summed E-state index contributed by atoms with van der Waals surface area (Å²) in [6.07, 6.45) is 0.0459. The molecule has 0 saturated heterocycles. The Kier molecular flexibility index (Phi) is 4.41. The fourth-order valence-corrected chi connectivity index (χ4v) is 3.68. The van der Waals surface area contributed by atoms with Gasteiger partial charge in [0, 0.05) is 23.1 Å². The van der Waals surface area contributed by atoms with E-state index in [0.717, 1.165) is 17.7 Å². The van der Waals surface area contributed by atoms with Gasteiger partial charge >= 0.3 is 0 Å². The smallest absolute Gasteiger partial charge is 0.234 e. The van der Waals surface area contributed by atoms with Gasteiger partial charge in [-0.3, -0.25) is 9.59 Å². The maximum Gasteiger partial charge on any atom is 0.234 e. The minimum atomic E-state index is -0.962. The molecule has 2 amide bonds. The highest BCUT2D eigenvalue weighted by Gasteiger charge is 2.30. The first-order chi connectivity index (χ1) is 13.0. The van der Waals surface area contributed by atoms with Crippen LogP contribution >= 0.6 is 11.3 Å². The highest BCUT2D eigenvalue weighted by Crippen LogP contribution is 2.33. The van der Waals surface area contributed by atoms with E-state index in [1.54, 1.807) is 29.6 Å². The lowest BCUT2D eigenvalue weighted by molar-refractivity contribution is -0.123. The molecule has 0 radical (unpaired) electrons. The van der Waals surface area contributed by atoms with Crippen molar-refractivity contribution in [2.75, 3.05) is 10.6 Å². The van der Waals surface area contributed by atoms with Gasteiger partial charge < -0.3 is 10.6 Å². The summed E-state index contributed by atoms with van der Waals surface area (Å²) in [4.78, 5) is 28.8. The lowest BCUT2D eigenvalue weighted by Crippen LogP contribution is -2.30. The topological polar surface area (TPSA) is 71.1 Å². The lowest BCUT2D eigenvalue weighted by Gasteiger charge is -2.24. The third kappa shape index (κ3) is 3.43. The Morgan fingerprint density at radius 1 is 1.19 bits per heavy atom. The Morgan fingerprint density at radius 2 is 2.00 bits per heavy atom. The third-order valence-corrected chi connectivity index (χ3v) is 5.02. The first-order valence-electron chi connectivity index (χ1n) is 8.12. The number of rotatable bonds is 3. The predicted molar refractivity (Wildman–Crippen MR) is 98.5 cm³/mol. The SMILES string of the molecule is O=C1C[C@@H](C(=O)Nc2nc(-c3ccc(F)c(F)c3)cs2)c2ccccc2N1. The lowest BCUT2D eigenvalue weighted by atomic mass is 9.90. The number of amides is 2. The summed E-state index contributed by atoms with van der Waals surface area (Å²) < 4.78 is 26.5. The molecule has 0 fully saturated rings. The molecule has 2 heterocycles. The van der Waals surface area contributed by atoms with E-state index in [0.29, 0.717) is 22.1 Å². The highest BCUT2D eigenvalue weighted by molar-refractivity contribution is 7.14. The fourth-order valence-electron chi connectivity index (χ4n) is 2.96. The van der Waals surface area contributed by atoms with Crippen LogP contribution in [0.1, 0.15) is 17.9 Å². The van der Waals surface area contributed by atoms with Gasteiger partial charge in [-0.25, -0.2) is 13.8 Å². The average Bonchev–Trinajstić information content (AvgIpc) is 3.11. The number of hydrogen-bond donors (Lipinski definition) is 2. The summed E-state index contributed by atoms with van der Waals surface area (Å²) in [5.74, 6) is -3.09. The van der Waals surface area contributed by atoms with Gasteiger partial charge in [-0.15, -0.1) is 11.3 Å². The predicted octanol–water partition coefficient (Wildman–Crippen LogP) is 4.15. The van der Waals surface area contributed by atoms with Crippen LogP contribution in [0.2, 0.25) is 0 Å². The van der Waals surface area contributed by atoms with Gasteiger partial charge in [-0.05, 0) is 29.8 Å². The van der Waals surface area contributed by atoms with Crippen LogP contribution in [0.3, 0.4) is 0 Å². The molecular weight excluding hydrogens is 372 g/mol. The van der Waals surface area contributed by atoms with E-state index in [-0.39, 0.29) is 18.2 Å². The van der Waals surface area contributed by atoms with Gasteiger partial charge in [-0.2, -0.15) is 0 Å². The monoisotopic (exact) mass is 385 g/mol. The largest absolute Gasteiger partial charge is 0.326 e. The standard InChI is InChI=1S/C19H13F2N3O2S/c20-13-6-5-10(7-14(13)21)16-9-27-19(23-16)24-18(26)12-8-17(25)22-15-4-2-1-3-11(12)15/h1-7,9,12H,8H2,(H,22,25)(H,23,24,26)/t12-/m1/s1. The quantitative estimate of drug-likeness (QED) is 0.711. The molecule has 0 unspecified atom stereocenters. The molecule has 1 aliphatic rings. The Morgan fingerprint density at radius 3 is 2.81 bits per heavy atom. The third-order valence-electron chi connectivity index (χ3n) is 4.27. The molecule has 1 atom stereocenters. The zero-order chi connectivity index (χ0) is 19.0. The molecule has 0 spiro atoms. The second-order valence-corrected chi connectivity index (χ2v) is 6.91. The minimum absolute atomic E-state index is 0.0459. The summed E-state index contributed by atoms with van der Waals surface area (Å²) in [6, 6.07) is 10.6. The Labute approximate surface area is 157 Å². The van der Waals surface area contributed by atoms with Crippen molar-refractivity contribution in [3.63, 3.8) is 0 Å². The zero-order valence-electron chi connectivity index (χ0n) is 13.8. The van der Waals surface area contributed by atoms with E-state index in [2.05, 4.69) is 15.6 Å². The molecule has 1 aromatic heterocycles. The van der Waals surface area contributed by atoms with Crippen molar-refractivity contribution in [3.8, 4) is 11.3 Å². The van der Waals surface area contributed by atoms with Gasteiger partial charge in [0.25, 0.3) is 0 Å². The van der Waals surface area contributed by atoms with E-state index in [9.17, 15) is 18.4 Å². The van der Waals surface area contributed by atoms with Crippen molar-refractivity contribution >= 4 is 34.0 Å². The van der Waals surface area contributed by atoms with Crippen LogP contribution in [-0.4, -0.2) is 16.8 Å². The first-order valence-corrected chi connectivity index (χ1v) is 9.00. The van der Waals surface area contributed by atoms with Crippen molar-refractivity contribution in [3.05, 3.63) is 65.0 Å². The van der Waals surface area contributed by atoms with Crippen molar-refractivity contribution < 1.29 is 18.4 Å². The number of aromatic nitrogens is 1. The van der Waals surface area contributed by atoms with Gasteiger partial charge in [-0.1, -0.05) is 18.2 Å². The molecule has 0 aliphatic carbocycles. The highest BCUT2D eigenvalue weighted by atomic mass is 32.1. The summed E-state index contributed by atoms with van der Waals surface area (Å²) in [7, 11) is 0. The van der Waals surface area contributed by atoms with Crippen LogP contribution in [0.15, 0.2) is 47.8 Å². The number of hydrogen-bond acceptors (Lipinski definition) is 4. The molecule has 2 N–H and O–H groups in total. The summed E-state index contributed by atoms with van der Waals surface area (Å²) >= 11 is 1.17. The number of para-hydroxylation sites is 1. The fraction of sp³-hybridized carbons (Fsp3) is 0.105. The zero-order valence-corrected chi connectivity index (χ0v) is 14.6. The molecule has 2 aromatic carbocycles. The van der Waals surface area contributed by atoms with Gasteiger partial charge in [0.2, 0.25) is 11.8 Å². The molecule has 0 bridgehead atoms. The summed E-state index contributed by atoms with van der Waals surface area (Å²) in [5.41, 5.74) is 2.20. The molecule has 3 aromatic rings. The number of carbonyl (C=O) groups is 2. The Balaban J connectivity index is 1.55. The molecular formula is C19H13F2N3O2S. The van der Waals surface area contributed by atoms with E-state index in [4.69, 9.17) is 0 Å². The molecule has 136 valence electrons. The van der Waals surface area contributed by atoms with Crippen molar-refractivity contribution in [2.24, 2.45) is 0 Å².